The SMILES string of the molecule is Cc1ccc(Oc2cnc(NC(=O)NC(=O)c3c(C)cccc3C)cn2)cc1C. The first-order valence-electron chi connectivity index (χ1n) is 9.09. The summed E-state index contributed by atoms with van der Waals surface area (Å²) in [6.07, 6.45) is 2.76. The zero-order valence-electron chi connectivity index (χ0n) is 16.7. The van der Waals surface area contributed by atoms with Crippen molar-refractivity contribution in [3.63, 3.8) is 0 Å². The van der Waals surface area contributed by atoms with Gasteiger partial charge < -0.3 is 4.74 Å². The highest BCUT2D eigenvalue weighted by molar-refractivity contribution is 6.09. The molecule has 0 fully saturated rings. The summed E-state index contributed by atoms with van der Waals surface area (Å²) >= 11 is 0. The summed E-state index contributed by atoms with van der Waals surface area (Å²) in [6, 6.07) is 10.5. The number of rotatable bonds is 4. The number of anilines is 1. The van der Waals surface area contributed by atoms with E-state index in [1.165, 1.54) is 18.0 Å². The number of benzene rings is 2. The highest BCUT2D eigenvalue weighted by Gasteiger charge is 2.15. The van der Waals surface area contributed by atoms with E-state index in [4.69, 9.17) is 4.74 Å². The Kier molecular flexibility index (Phi) is 5.87. The third-order valence-electron chi connectivity index (χ3n) is 4.51. The Labute approximate surface area is 169 Å². The fraction of sp³-hybridized carbons (Fsp3) is 0.182. The molecule has 3 aromatic rings. The van der Waals surface area contributed by atoms with E-state index in [0.717, 1.165) is 16.7 Å². The van der Waals surface area contributed by atoms with Crippen LogP contribution in [0.25, 0.3) is 0 Å². The Hall–Kier alpha value is -3.74. The van der Waals surface area contributed by atoms with E-state index in [1.807, 2.05) is 64.1 Å². The number of nitrogens with zero attached hydrogens (tertiary/aromatic N) is 2. The average molecular weight is 390 g/mol. The molecule has 0 saturated heterocycles. The molecule has 0 bridgehead atoms. The second kappa shape index (κ2) is 8.52. The maximum Gasteiger partial charge on any atom is 0.327 e. The number of hydrogen-bond acceptors (Lipinski definition) is 5. The Balaban J connectivity index is 1.61. The highest BCUT2D eigenvalue weighted by atomic mass is 16.5. The van der Waals surface area contributed by atoms with E-state index >= 15 is 0 Å². The molecule has 0 aliphatic heterocycles. The van der Waals surface area contributed by atoms with E-state index in [9.17, 15) is 9.59 Å². The van der Waals surface area contributed by atoms with E-state index in [1.54, 1.807) is 0 Å². The van der Waals surface area contributed by atoms with Gasteiger partial charge in [0.1, 0.15) is 5.75 Å². The number of carbonyl (C=O) groups excluding carboxylic acids is 2. The maximum atomic E-state index is 12.4. The molecule has 2 N–H and O–H groups in total. The standard InChI is InChI=1S/C22H22N4O3/c1-13-8-9-17(10-16(13)4)29-19-12-23-18(11-24-19)25-22(28)26-21(27)20-14(2)6-5-7-15(20)3/h5-12H,1-4H3,(H2,23,25,26,27,28). The van der Waals surface area contributed by atoms with Gasteiger partial charge in [-0.2, -0.15) is 0 Å². The summed E-state index contributed by atoms with van der Waals surface area (Å²) < 4.78 is 5.67. The van der Waals surface area contributed by atoms with Gasteiger partial charge in [-0.1, -0.05) is 24.3 Å². The van der Waals surface area contributed by atoms with Crippen molar-refractivity contribution in [3.05, 3.63) is 76.6 Å². The average Bonchev–Trinajstić information content (AvgIpc) is 2.66. The first-order valence-corrected chi connectivity index (χ1v) is 9.09. The molecular weight excluding hydrogens is 368 g/mol. The topological polar surface area (TPSA) is 93.2 Å². The van der Waals surface area contributed by atoms with Gasteiger partial charge >= 0.3 is 6.03 Å². The molecule has 1 heterocycles. The van der Waals surface area contributed by atoms with Crippen LogP contribution in [0.1, 0.15) is 32.6 Å². The van der Waals surface area contributed by atoms with Gasteiger partial charge in [0, 0.05) is 5.56 Å². The molecule has 3 rings (SSSR count). The Bertz CT molecular complexity index is 1040. The van der Waals surface area contributed by atoms with Gasteiger partial charge in [-0.15, -0.1) is 0 Å². The zero-order chi connectivity index (χ0) is 21.0. The van der Waals surface area contributed by atoms with Crippen molar-refractivity contribution < 1.29 is 14.3 Å². The van der Waals surface area contributed by atoms with Gasteiger partial charge in [-0.25, -0.2) is 14.8 Å². The fourth-order valence-electron chi connectivity index (χ4n) is 2.82. The lowest BCUT2D eigenvalue weighted by Crippen LogP contribution is -2.35. The van der Waals surface area contributed by atoms with Crippen molar-refractivity contribution >= 4 is 17.8 Å². The summed E-state index contributed by atoms with van der Waals surface area (Å²) in [5.41, 5.74) is 4.35. The van der Waals surface area contributed by atoms with Crippen molar-refractivity contribution in [2.45, 2.75) is 27.7 Å². The van der Waals surface area contributed by atoms with Crippen LogP contribution in [0, 0.1) is 27.7 Å². The lowest BCUT2D eigenvalue weighted by atomic mass is 10.0. The van der Waals surface area contributed by atoms with E-state index in [2.05, 4.69) is 20.6 Å². The van der Waals surface area contributed by atoms with Gasteiger partial charge in [-0.05, 0) is 62.1 Å². The van der Waals surface area contributed by atoms with E-state index in [0.29, 0.717) is 17.2 Å². The van der Waals surface area contributed by atoms with Crippen molar-refractivity contribution in [1.29, 1.82) is 0 Å². The molecule has 0 aliphatic rings. The number of imide groups is 1. The molecule has 7 heteroatoms. The quantitative estimate of drug-likeness (QED) is 0.686. The zero-order valence-corrected chi connectivity index (χ0v) is 16.7. The Morgan fingerprint density at radius 1 is 0.862 bits per heavy atom. The van der Waals surface area contributed by atoms with E-state index < -0.39 is 11.9 Å². The normalized spacial score (nSPS) is 10.3. The second-order valence-electron chi connectivity index (χ2n) is 6.76. The van der Waals surface area contributed by atoms with Gasteiger partial charge in [0.25, 0.3) is 5.91 Å². The van der Waals surface area contributed by atoms with Crippen molar-refractivity contribution in [1.82, 2.24) is 15.3 Å². The van der Waals surface area contributed by atoms with Crippen LogP contribution in [-0.4, -0.2) is 21.9 Å². The molecule has 29 heavy (non-hydrogen) atoms. The molecule has 0 unspecified atom stereocenters. The molecule has 148 valence electrons. The fourth-order valence-corrected chi connectivity index (χ4v) is 2.82. The predicted molar refractivity (Wildman–Crippen MR) is 110 cm³/mol. The number of hydrogen-bond donors (Lipinski definition) is 2. The molecule has 3 amide bonds. The molecule has 0 atom stereocenters. The largest absolute Gasteiger partial charge is 0.437 e. The van der Waals surface area contributed by atoms with Crippen LogP contribution in [0.5, 0.6) is 11.6 Å². The van der Waals surface area contributed by atoms with Crippen molar-refractivity contribution in [2.75, 3.05) is 5.32 Å². The predicted octanol–water partition coefficient (Wildman–Crippen LogP) is 4.46. The molecule has 0 aliphatic carbocycles. The van der Waals surface area contributed by atoms with Gasteiger partial charge in [-0.3, -0.25) is 15.4 Å². The molecule has 0 radical (unpaired) electrons. The second-order valence-corrected chi connectivity index (χ2v) is 6.76. The lowest BCUT2D eigenvalue weighted by Gasteiger charge is -2.10. The maximum absolute atomic E-state index is 12.4. The molecule has 0 saturated carbocycles. The van der Waals surface area contributed by atoms with Crippen LogP contribution >= 0.6 is 0 Å². The number of ether oxygens (including phenoxy) is 1. The van der Waals surface area contributed by atoms with Crippen LogP contribution in [0.15, 0.2) is 48.8 Å². The van der Waals surface area contributed by atoms with Crippen molar-refractivity contribution in [3.8, 4) is 11.6 Å². The number of nitrogens with one attached hydrogen (secondary N) is 2. The number of aromatic nitrogens is 2. The monoisotopic (exact) mass is 390 g/mol. The lowest BCUT2D eigenvalue weighted by molar-refractivity contribution is 0.0966. The third kappa shape index (κ3) is 4.95. The number of amides is 3. The van der Waals surface area contributed by atoms with Crippen molar-refractivity contribution in [2.24, 2.45) is 0 Å². The summed E-state index contributed by atoms with van der Waals surface area (Å²) in [5.74, 6) is 0.677. The first-order chi connectivity index (χ1) is 13.8. The summed E-state index contributed by atoms with van der Waals surface area (Å²) in [7, 11) is 0. The highest BCUT2D eigenvalue weighted by Crippen LogP contribution is 2.22. The van der Waals surface area contributed by atoms with Gasteiger partial charge in [0.2, 0.25) is 5.88 Å². The van der Waals surface area contributed by atoms with Crippen LogP contribution in [0.3, 0.4) is 0 Å². The molecular formula is C22H22N4O3. The van der Waals surface area contributed by atoms with Gasteiger partial charge in [0.05, 0.1) is 12.4 Å². The van der Waals surface area contributed by atoms with Crippen LogP contribution in [0.4, 0.5) is 10.6 Å². The first kappa shape index (κ1) is 20.0. The molecule has 0 spiro atoms. The molecule has 7 nitrogen and oxygen atoms in total. The van der Waals surface area contributed by atoms with Crippen LogP contribution in [0.2, 0.25) is 0 Å². The molecule has 1 aromatic heterocycles. The van der Waals surface area contributed by atoms with Crippen LogP contribution < -0.4 is 15.4 Å². The van der Waals surface area contributed by atoms with Crippen LogP contribution in [-0.2, 0) is 0 Å². The minimum atomic E-state index is -0.685. The smallest absolute Gasteiger partial charge is 0.327 e. The summed E-state index contributed by atoms with van der Waals surface area (Å²) in [6.45, 7) is 7.66. The summed E-state index contributed by atoms with van der Waals surface area (Å²) in [4.78, 5) is 32.7. The minimum Gasteiger partial charge on any atom is -0.437 e. The number of urea groups is 1. The number of carbonyl (C=O) groups is 2. The Morgan fingerprint density at radius 2 is 1.59 bits per heavy atom. The third-order valence-corrected chi connectivity index (χ3v) is 4.51. The number of aryl methyl sites for hydroxylation is 4. The molecule has 2 aromatic carbocycles. The van der Waals surface area contributed by atoms with E-state index in [-0.39, 0.29) is 5.82 Å². The Morgan fingerprint density at radius 3 is 2.21 bits per heavy atom. The minimum absolute atomic E-state index is 0.198. The van der Waals surface area contributed by atoms with Gasteiger partial charge in [0.15, 0.2) is 5.82 Å². The summed E-state index contributed by atoms with van der Waals surface area (Å²) in [5, 5.41) is 4.79.